The van der Waals surface area contributed by atoms with Crippen LogP contribution in [0, 0.1) is 5.92 Å². The highest BCUT2D eigenvalue weighted by atomic mass is 79.9. The van der Waals surface area contributed by atoms with Crippen molar-refractivity contribution in [1.82, 2.24) is 14.8 Å². The molecule has 1 N–H and O–H groups in total. The number of hydrogen-bond donors (Lipinski definition) is 1. The number of fused-ring (bicyclic) bond motifs is 1. The minimum atomic E-state index is -0.366. The van der Waals surface area contributed by atoms with E-state index in [4.69, 9.17) is 0 Å². The fourth-order valence-corrected chi connectivity index (χ4v) is 3.43. The number of carbonyl (C=O) groups excluding carboxylic acids is 2. The zero-order valence-corrected chi connectivity index (χ0v) is 14.2. The number of halogens is 1. The summed E-state index contributed by atoms with van der Waals surface area (Å²) in [6.45, 7) is 0.684. The van der Waals surface area contributed by atoms with Crippen molar-refractivity contribution in [2.75, 3.05) is 19.4 Å². The van der Waals surface area contributed by atoms with E-state index in [9.17, 15) is 9.59 Å². The van der Waals surface area contributed by atoms with Crippen molar-refractivity contribution in [3.8, 4) is 0 Å². The van der Waals surface area contributed by atoms with Crippen LogP contribution in [0.15, 0.2) is 16.7 Å². The molecule has 2 aliphatic rings. The molecule has 0 unspecified atom stereocenters. The largest absolute Gasteiger partial charge is 0.330 e. The second-order valence-corrected chi connectivity index (χ2v) is 7.05. The van der Waals surface area contributed by atoms with Gasteiger partial charge in [-0.15, -0.1) is 0 Å². The van der Waals surface area contributed by atoms with Gasteiger partial charge in [-0.2, -0.15) is 0 Å². The van der Waals surface area contributed by atoms with Crippen molar-refractivity contribution in [1.29, 1.82) is 0 Å². The van der Waals surface area contributed by atoms with Crippen LogP contribution in [0.4, 0.5) is 5.82 Å². The van der Waals surface area contributed by atoms with Crippen LogP contribution in [-0.2, 0) is 16.1 Å². The first-order chi connectivity index (χ1) is 10.5. The Bertz CT molecular complexity index is 607. The Labute approximate surface area is 138 Å². The van der Waals surface area contributed by atoms with Gasteiger partial charge in [0.25, 0.3) is 0 Å². The Morgan fingerprint density at radius 3 is 2.95 bits per heavy atom. The van der Waals surface area contributed by atoms with E-state index >= 15 is 0 Å². The van der Waals surface area contributed by atoms with Crippen LogP contribution in [0.3, 0.4) is 0 Å². The van der Waals surface area contributed by atoms with E-state index < -0.39 is 0 Å². The second kappa shape index (κ2) is 5.96. The van der Waals surface area contributed by atoms with Gasteiger partial charge in [-0.3, -0.25) is 9.59 Å². The van der Waals surface area contributed by atoms with Crippen molar-refractivity contribution < 1.29 is 9.59 Å². The molecular weight excluding hydrogens is 348 g/mol. The van der Waals surface area contributed by atoms with E-state index in [2.05, 4.69) is 26.2 Å². The maximum Gasteiger partial charge on any atom is 0.248 e. The highest BCUT2D eigenvalue weighted by Crippen LogP contribution is 2.47. The van der Waals surface area contributed by atoms with Gasteiger partial charge in [0.15, 0.2) is 0 Å². The van der Waals surface area contributed by atoms with Gasteiger partial charge in [-0.1, -0.05) is 6.07 Å². The molecule has 118 valence electrons. The molecule has 3 atom stereocenters. The Balaban J connectivity index is 1.76. The monoisotopic (exact) mass is 366 g/mol. The molecule has 1 aromatic heterocycles. The van der Waals surface area contributed by atoms with Gasteiger partial charge in [-0.05, 0) is 54.9 Å². The molecular formula is C15H19BrN4O2. The maximum atomic E-state index is 12.5. The standard InChI is InChI=1S/C15H19BrN4O2/c1-19(2)7-9-3-4-13(16)17-14(9)18-15(22)12-6-10-5-11(10)20(12)8-21/h3-4,8,10-12H,5-7H2,1-2H3,(H,17,18,22)/t10-,11-,12+/m1/s1. The number of rotatable bonds is 5. The number of piperidine rings is 1. The second-order valence-electron chi connectivity index (χ2n) is 6.24. The topological polar surface area (TPSA) is 65.5 Å². The Morgan fingerprint density at radius 1 is 1.50 bits per heavy atom. The van der Waals surface area contributed by atoms with E-state index in [0.29, 0.717) is 22.9 Å². The number of anilines is 1. The molecule has 1 aromatic rings. The summed E-state index contributed by atoms with van der Waals surface area (Å²) in [7, 11) is 3.93. The molecule has 1 aliphatic heterocycles. The Kier molecular flexibility index (Phi) is 4.18. The van der Waals surface area contributed by atoms with Crippen LogP contribution in [0.1, 0.15) is 18.4 Å². The number of amides is 2. The van der Waals surface area contributed by atoms with Gasteiger partial charge in [0, 0.05) is 18.2 Å². The van der Waals surface area contributed by atoms with E-state index in [-0.39, 0.29) is 18.0 Å². The molecule has 0 bridgehead atoms. The van der Waals surface area contributed by atoms with E-state index in [1.165, 1.54) is 0 Å². The van der Waals surface area contributed by atoms with Gasteiger partial charge in [0.2, 0.25) is 12.3 Å². The molecule has 1 saturated carbocycles. The van der Waals surface area contributed by atoms with Crippen LogP contribution in [0.5, 0.6) is 0 Å². The maximum absolute atomic E-state index is 12.5. The fraction of sp³-hybridized carbons (Fsp3) is 0.533. The van der Waals surface area contributed by atoms with Crippen molar-refractivity contribution in [2.45, 2.75) is 31.5 Å². The van der Waals surface area contributed by atoms with Gasteiger partial charge in [-0.25, -0.2) is 4.98 Å². The summed E-state index contributed by atoms with van der Waals surface area (Å²) in [5, 5.41) is 2.90. The summed E-state index contributed by atoms with van der Waals surface area (Å²) >= 11 is 3.34. The lowest BCUT2D eigenvalue weighted by atomic mass is 10.1. The van der Waals surface area contributed by atoms with Crippen LogP contribution in [0.25, 0.3) is 0 Å². The van der Waals surface area contributed by atoms with Crippen LogP contribution >= 0.6 is 15.9 Å². The molecule has 1 saturated heterocycles. The van der Waals surface area contributed by atoms with Crippen LogP contribution in [0.2, 0.25) is 0 Å². The number of hydrogen-bond acceptors (Lipinski definition) is 4. The molecule has 6 nitrogen and oxygen atoms in total. The molecule has 1 aliphatic carbocycles. The third-order valence-corrected chi connectivity index (χ3v) is 4.69. The predicted octanol–water partition coefficient (Wildman–Crippen LogP) is 1.46. The number of carbonyl (C=O) groups is 2. The zero-order valence-electron chi connectivity index (χ0n) is 12.6. The van der Waals surface area contributed by atoms with Crippen molar-refractivity contribution in [3.05, 3.63) is 22.3 Å². The first-order valence-electron chi connectivity index (χ1n) is 7.33. The highest BCUT2D eigenvalue weighted by Gasteiger charge is 2.53. The Morgan fingerprint density at radius 2 is 2.27 bits per heavy atom. The average Bonchev–Trinajstić information content (AvgIpc) is 3.12. The number of likely N-dealkylation sites (tertiary alicyclic amines) is 1. The third kappa shape index (κ3) is 3.01. The molecule has 0 radical (unpaired) electrons. The van der Waals surface area contributed by atoms with Gasteiger partial charge >= 0.3 is 0 Å². The normalized spacial score (nSPS) is 26.0. The lowest BCUT2D eigenvalue weighted by Gasteiger charge is -2.23. The quantitative estimate of drug-likeness (QED) is 0.632. The lowest BCUT2D eigenvalue weighted by molar-refractivity contribution is -0.128. The molecule has 0 spiro atoms. The Hall–Kier alpha value is -1.47. The van der Waals surface area contributed by atoms with E-state index in [0.717, 1.165) is 24.8 Å². The van der Waals surface area contributed by atoms with Crippen LogP contribution < -0.4 is 5.32 Å². The molecule has 22 heavy (non-hydrogen) atoms. The van der Waals surface area contributed by atoms with E-state index in [1.54, 1.807) is 4.90 Å². The first kappa shape index (κ1) is 15.4. The van der Waals surface area contributed by atoms with E-state index in [1.807, 2.05) is 31.1 Å². The van der Waals surface area contributed by atoms with Crippen LogP contribution in [-0.4, -0.2) is 53.3 Å². The SMILES string of the molecule is CN(C)Cc1ccc(Br)nc1NC(=O)[C@@H]1C[C@H]2C[C@H]2N1C=O. The summed E-state index contributed by atoms with van der Waals surface area (Å²) in [6, 6.07) is 3.70. The molecule has 2 amide bonds. The number of pyridine rings is 1. The fourth-order valence-electron chi connectivity index (χ4n) is 3.12. The number of aromatic nitrogens is 1. The first-order valence-corrected chi connectivity index (χ1v) is 8.12. The molecule has 3 rings (SSSR count). The summed E-state index contributed by atoms with van der Waals surface area (Å²) in [6.07, 6.45) is 2.59. The molecule has 7 heteroatoms. The van der Waals surface area contributed by atoms with Gasteiger partial charge in [0.1, 0.15) is 16.5 Å². The molecule has 2 fully saturated rings. The van der Waals surface area contributed by atoms with Crippen molar-refractivity contribution in [3.63, 3.8) is 0 Å². The van der Waals surface area contributed by atoms with Crippen molar-refractivity contribution >= 4 is 34.1 Å². The average molecular weight is 367 g/mol. The zero-order chi connectivity index (χ0) is 15.9. The molecule has 0 aromatic carbocycles. The summed E-state index contributed by atoms with van der Waals surface area (Å²) < 4.78 is 0.673. The smallest absolute Gasteiger partial charge is 0.248 e. The predicted molar refractivity (Wildman–Crippen MR) is 86.2 cm³/mol. The molecule has 2 heterocycles. The summed E-state index contributed by atoms with van der Waals surface area (Å²) in [5.41, 5.74) is 0.947. The number of nitrogens with one attached hydrogen (secondary N) is 1. The highest BCUT2D eigenvalue weighted by molar-refractivity contribution is 9.10. The minimum absolute atomic E-state index is 0.148. The summed E-state index contributed by atoms with van der Waals surface area (Å²) in [4.78, 5) is 31.8. The lowest BCUT2D eigenvalue weighted by Crippen LogP contribution is -2.41. The van der Waals surface area contributed by atoms with Gasteiger partial charge in [0.05, 0.1) is 0 Å². The van der Waals surface area contributed by atoms with Gasteiger partial charge < -0.3 is 15.1 Å². The summed E-state index contributed by atoms with van der Waals surface area (Å²) in [5.74, 6) is 0.905. The third-order valence-electron chi connectivity index (χ3n) is 4.25. The minimum Gasteiger partial charge on any atom is -0.330 e. The number of nitrogens with zero attached hydrogens (tertiary/aromatic N) is 3. The van der Waals surface area contributed by atoms with Crippen molar-refractivity contribution in [2.24, 2.45) is 5.92 Å².